The van der Waals surface area contributed by atoms with Crippen LogP contribution < -0.4 is 4.74 Å². The monoisotopic (exact) mass is 346 g/mol. The van der Waals surface area contributed by atoms with E-state index in [1.807, 2.05) is 36.1 Å². The number of hydrogen-bond donors (Lipinski definition) is 1. The van der Waals surface area contributed by atoms with E-state index in [4.69, 9.17) is 4.74 Å². The van der Waals surface area contributed by atoms with Crippen LogP contribution in [0.5, 0.6) is 5.75 Å². The molecule has 0 saturated carbocycles. The first kappa shape index (κ1) is 18.2. The Morgan fingerprint density at radius 3 is 2.60 bits per heavy atom. The second-order valence-corrected chi connectivity index (χ2v) is 7.42. The van der Waals surface area contributed by atoms with E-state index in [1.54, 1.807) is 0 Å². The second kappa shape index (κ2) is 8.68. The number of piperidine rings is 1. The van der Waals surface area contributed by atoms with Crippen LogP contribution in [0.4, 0.5) is 0 Å². The van der Waals surface area contributed by atoms with Gasteiger partial charge in [0.25, 0.3) is 5.91 Å². The maximum Gasteiger partial charge on any atom is 0.260 e. The van der Waals surface area contributed by atoms with Gasteiger partial charge in [-0.05, 0) is 50.4 Å². The highest BCUT2D eigenvalue weighted by molar-refractivity contribution is 5.78. The number of benzene rings is 1. The van der Waals surface area contributed by atoms with Gasteiger partial charge in [-0.3, -0.25) is 4.79 Å². The van der Waals surface area contributed by atoms with Crippen molar-refractivity contribution < 1.29 is 14.6 Å². The molecule has 0 bridgehead atoms. The molecule has 1 aromatic carbocycles. The summed E-state index contributed by atoms with van der Waals surface area (Å²) in [4.78, 5) is 16.9. The lowest BCUT2D eigenvalue weighted by Gasteiger charge is -2.30. The van der Waals surface area contributed by atoms with Crippen LogP contribution in [0.3, 0.4) is 0 Å². The lowest BCUT2D eigenvalue weighted by atomic mass is 9.95. The molecule has 1 aromatic rings. The molecule has 5 nitrogen and oxygen atoms in total. The minimum absolute atomic E-state index is 0.0165. The summed E-state index contributed by atoms with van der Waals surface area (Å²) in [5.41, 5.74) is 1.04. The first-order valence-electron chi connectivity index (χ1n) is 9.47. The molecule has 1 amide bonds. The van der Waals surface area contributed by atoms with Crippen molar-refractivity contribution in [1.82, 2.24) is 9.80 Å². The molecule has 2 aliphatic heterocycles. The molecule has 2 heterocycles. The maximum absolute atomic E-state index is 12.5. The standard InChI is InChI=1S/C20H30N2O3/c1-16-7-3-4-8-19(16)25-15-20(24)22-12-17(18(13-22)14-23)11-21-9-5-2-6-10-21/h3-4,7-8,17-18,23H,2,5-6,9-15H2,1H3. The van der Waals surface area contributed by atoms with Gasteiger partial charge in [-0.1, -0.05) is 24.6 Å². The lowest BCUT2D eigenvalue weighted by Crippen LogP contribution is -2.38. The zero-order valence-corrected chi connectivity index (χ0v) is 15.2. The van der Waals surface area contributed by atoms with Gasteiger partial charge in [-0.25, -0.2) is 0 Å². The van der Waals surface area contributed by atoms with E-state index in [9.17, 15) is 9.90 Å². The molecule has 2 atom stereocenters. The first-order valence-corrected chi connectivity index (χ1v) is 9.47. The molecule has 0 spiro atoms. The van der Waals surface area contributed by atoms with Gasteiger partial charge in [0.05, 0.1) is 0 Å². The molecule has 2 aliphatic rings. The number of aliphatic hydroxyl groups is 1. The number of ether oxygens (including phenoxy) is 1. The van der Waals surface area contributed by atoms with Gasteiger partial charge >= 0.3 is 0 Å². The van der Waals surface area contributed by atoms with Gasteiger partial charge in [-0.2, -0.15) is 0 Å². The summed E-state index contributed by atoms with van der Waals surface area (Å²) in [5.74, 6) is 1.33. The Balaban J connectivity index is 1.52. The van der Waals surface area contributed by atoms with Gasteiger partial charge in [0.15, 0.2) is 6.61 Å². The van der Waals surface area contributed by atoms with E-state index in [0.717, 1.165) is 37.5 Å². The largest absolute Gasteiger partial charge is 0.484 e. The zero-order valence-electron chi connectivity index (χ0n) is 15.2. The Kier molecular flexibility index (Phi) is 6.32. The van der Waals surface area contributed by atoms with Gasteiger partial charge in [0.2, 0.25) is 0 Å². The number of aryl methyl sites for hydroxylation is 1. The maximum atomic E-state index is 12.5. The summed E-state index contributed by atoms with van der Waals surface area (Å²) in [6.45, 7) is 6.88. The van der Waals surface area contributed by atoms with E-state index >= 15 is 0 Å². The van der Waals surface area contributed by atoms with Crippen LogP contribution in [-0.4, -0.2) is 66.8 Å². The van der Waals surface area contributed by atoms with Gasteiger partial charge < -0.3 is 19.6 Å². The highest BCUT2D eigenvalue weighted by atomic mass is 16.5. The van der Waals surface area contributed by atoms with Crippen LogP contribution in [0, 0.1) is 18.8 Å². The van der Waals surface area contributed by atoms with Crippen LogP contribution in [-0.2, 0) is 4.79 Å². The molecule has 2 saturated heterocycles. The normalized spacial score (nSPS) is 24.5. The third-order valence-corrected chi connectivity index (χ3v) is 5.55. The van der Waals surface area contributed by atoms with Crippen LogP contribution in [0.25, 0.3) is 0 Å². The van der Waals surface area contributed by atoms with E-state index in [2.05, 4.69) is 4.90 Å². The SMILES string of the molecule is Cc1ccccc1OCC(=O)N1CC(CO)C(CN2CCCCC2)C1. The minimum atomic E-state index is 0.0165. The number of nitrogens with zero attached hydrogens (tertiary/aromatic N) is 2. The molecule has 0 aromatic heterocycles. The molecular formula is C20H30N2O3. The Bertz CT molecular complexity index is 572. The number of amides is 1. The van der Waals surface area contributed by atoms with Crippen molar-refractivity contribution in [3.8, 4) is 5.75 Å². The molecule has 1 N–H and O–H groups in total. The second-order valence-electron chi connectivity index (χ2n) is 7.42. The van der Waals surface area contributed by atoms with Crippen molar-refractivity contribution in [2.24, 2.45) is 11.8 Å². The number of carbonyl (C=O) groups excluding carboxylic acids is 1. The Hall–Kier alpha value is -1.59. The molecule has 2 fully saturated rings. The molecule has 25 heavy (non-hydrogen) atoms. The number of aliphatic hydroxyl groups excluding tert-OH is 1. The molecule has 3 rings (SSSR count). The summed E-state index contributed by atoms with van der Waals surface area (Å²) in [6, 6.07) is 7.75. The molecule has 5 heteroatoms. The Morgan fingerprint density at radius 2 is 1.88 bits per heavy atom. The zero-order chi connectivity index (χ0) is 17.6. The fraction of sp³-hybridized carbons (Fsp3) is 0.650. The van der Waals surface area contributed by atoms with Crippen molar-refractivity contribution in [2.45, 2.75) is 26.2 Å². The minimum Gasteiger partial charge on any atom is -0.484 e. The fourth-order valence-electron chi connectivity index (χ4n) is 3.98. The quantitative estimate of drug-likeness (QED) is 0.855. The summed E-state index contributed by atoms with van der Waals surface area (Å²) < 4.78 is 5.70. The molecule has 2 unspecified atom stereocenters. The van der Waals surface area contributed by atoms with Crippen molar-refractivity contribution in [3.05, 3.63) is 29.8 Å². The van der Waals surface area contributed by atoms with Crippen LogP contribution in [0.15, 0.2) is 24.3 Å². The predicted molar refractivity (Wildman–Crippen MR) is 97.6 cm³/mol. The highest BCUT2D eigenvalue weighted by Crippen LogP contribution is 2.26. The summed E-state index contributed by atoms with van der Waals surface area (Å²) in [7, 11) is 0. The van der Waals surface area contributed by atoms with E-state index in [-0.39, 0.29) is 25.0 Å². The Labute approximate surface area is 150 Å². The number of rotatable bonds is 6. The van der Waals surface area contributed by atoms with Gasteiger partial charge in [-0.15, -0.1) is 0 Å². The Morgan fingerprint density at radius 1 is 1.16 bits per heavy atom. The van der Waals surface area contributed by atoms with Crippen LogP contribution >= 0.6 is 0 Å². The average molecular weight is 346 g/mol. The lowest BCUT2D eigenvalue weighted by molar-refractivity contribution is -0.132. The van der Waals surface area contributed by atoms with E-state index in [1.165, 1.54) is 19.3 Å². The van der Waals surface area contributed by atoms with E-state index < -0.39 is 0 Å². The molecule has 138 valence electrons. The molecule has 0 radical (unpaired) electrons. The van der Waals surface area contributed by atoms with Crippen LogP contribution in [0.1, 0.15) is 24.8 Å². The third kappa shape index (κ3) is 4.73. The number of para-hydroxylation sites is 1. The van der Waals surface area contributed by atoms with Crippen molar-refractivity contribution in [2.75, 3.05) is 45.9 Å². The third-order valence-electron chi connectivity index (χ3n) is 5.55. The average Bonchev–Trinajstić information content (AvgIpc) is 3.04. The summed E-state index contributed by atoms with van der Waals surface area (Å²) in [6.07, 6.45) is 3.86. The highest BCUT2D eigenvalue weighted by Gasteiger charge is 2.35. The van der Waals surface area contributed by atoms with E-state index in [0.29, 0.717) is 12.5 Å². The topological polar surface area (TPSA) is 53.0 Å². The number of likely N-dealkylation sites (tertiary alicyclic amines) is 2. The first-order chi connectivity index (χ1) is 12.2. The number of carbonyl (C=O) groups is 1. The van der Waals surface area contributed by atoms with Crippen LogP contribution in [0.2, 0.25) is 0 Å². The van der Waals surface area contributed by atoms with Gasteiger partial charge in [0, 0.05) is 32.2 Å². The summed E-state index contributed by atoms with van der Waals surface area (Å²) in [5, 5.41) is 9.72. The molecule has 0 aliphatic carbocycles. The summed E-state index contributed by atoms with van der Waals surface area (Å²) >= 11 is 0. The smallest absolute Gasteiger partial charge is 0.260 e. The number of hydrogen-bond acceptors (Lipinski definition) is 4. The van der Waals surface area contributed by atoms with Crippen molar-refractivity contribution in [1.29, 1.82) is 0 Å². The van der Waals surface area contributed by atoms with Crippen molar-refractivity contribution >= 4 is 5.91 Å². The van der Waals surface area contributed by atoms with Gasteiger partial charge in [0.1, 0.15) is 5.75 Å². The van der Waals surface area contributed by atoms with Crippen molar-refractivity contribution in [3.63, 3.8) is 0 Å². The fourth-order valence-corrected chi connectivity index (χ4v) is 3.98. The predicted octanol–water partition coefficient (Wildman–Crippen LogP) is 1.93. The molecular weight excluding hydrogens is 316 g/mol.